The third-order valence-corrected chi connectivity index (χ3v) is 6.63. The molecule has 1 aliphatic heterocycles. The third-order valence-electron chi connectivity index (χ3n) is 4.61. The Labute approximate surface area is 193 Å². The van der Waals surface area contributed by atoms with Gasteiger partial charge in [0.25, 0.3) is 16.8 Å². The molecule has 1 atom stereocenters. The van der Waals surface area contributed by atoms with E-state index in [0.717, 1.165) is 32.7 Å². The molecule has 0 radical (unpaired) electrons. The number of carbonyl (C=O) groups excluding carboxylic acids is 3. The van der Waals surface area contributed by atoms with Crippen molar-refractivity contribution in [3.05, 3.63) is 74.7 Å². The van der Waals surface area contributed by atoms with E-state index in [1.807, 2.05) is 31.2 Å². The van der Waals surface area contributed by atoms with Gasteiger partial charge < -0.3 is 5.32 Å². The molecule has 166 valence electrons. The first-order valence-electron chi connectivity index (χ1n) is 9.75. The normalized spacial score (nSPS) is 15.8. The highest BCUT2D eigenvalue weighted by Crippen LogP contribution is 2.32. The fraction of sp³-hybridized carbons (Fsp3) is 0.227. The topological polar surface area (TPSA) is 110 Å². The molecule has 1 unspecified atom stereocenters. The van der Waals surface area contributed by atoms with Crippen LogP contribution in [-0.2, 0) is 9.59 Å². The number of non-ortho nitro benzene ring substituents is 1. The number of carbonyl (C=O) groups is 3. The summed E-state index contributed by atoms with van der Waals surface area (Å²) in [6.45, 7) is 3.90. The average molecular weight is 472 g/mol. The maximum atomic E-state index is 12.6. The lowest BCUT2D eigenvalue weighted by Gasteiger charge is -2.15. The van der Waals surface area contributed by atoms with Gasteiger partial charge in [0, 0.05) is 30.1 Å². The van der Waals surface area contributed by atoms with Gasteiger partial charge in [0.15, 0.2) is 0 Å². The summed E-state index contributed by atoms with van der Waals surface area (Å²) in [6.07, 6.45) is 1.69. The van der Waals surface area contributed by atoms with E-state index in [-0.39, 0.29) is 35.8 Å². The van der Waals surface area contributed by atoms with Crippen LogP contribution in [0.5, 0.6) is 0 Å². The Hall–Kier alpha value is -3.11. The number of rotatable bonds is 8. The third kappa shape index (κ3) is 5.98. The van der Waals surface area contributed by atoms with Gasteiger partial charge in [-0.25, -0.2) is 0 Å². The number of benzene rings is 2. The summed E-state index contributed by atoms with van der Waals surface area (Å²) < 4.78 is 0. The average Bonchev–Trinajstić information content (AvgIpc) is 3.02. The Morgan fingerprint density at radius 3 is 2.47 bits per heavy atom. The van der Waals surface area contributed by atoms with E-state index in [0.29, 0.717) is 4.91 Å². The van der Waals surface area contributed by atoms with Crippen LogP contribution in [0.25, 0.3) is 6.08 Å². The summed E-state index contributed by atoms with van der Waals surface area (Å²) in [5, 5.41) is 12.6. The summed E-state index contributed by atoms with van der Waals surface area (Å²) in [5.74, 6) is -0.626. The number of hydrogen-bond acceptors (Lipinski definition) is 7. The van der Waals surface area contributed by atoms with Crippen LogP contribution in [0.15, 0.2) is 58.3 Å². The van der Waals surface area contributed by atoms with Crippen molar-refractivity contribution in [3.63, 3.8) is 0 Å². The zero-order chi connectivity index (χ0) is 23.3. The van der Waals surface area contributed by atoms with Gasteiger partial charge in [0.05, 0.1) is 15.1 Å². The molecule has 32 heavy (non-hydrogen) atoms. The first-order valence-corrected chi connectivity index (χ1v) is 11.4. The van der Waals surface area contributed by atoms with E-state index in [2.05, 4.69) is 5.32 Å². The molecule has 1 saturated heterocycles. The maximum Gasteiger partial charge on any atom is 0.293 e. The van der Waals surface area contributed by atoms with Crippen LogP contribution in [-0.4, -0.2) is 45.2 Å². The Kier molecular flexibility index (Phi) is 7.70. The molecule has 0 aromatic heterocycles. The lowest BCUT2D eigenvalue weighted by Crippen LogP contribution is -2.39. The fourth-order valence-corrected chi connectivity index (χ4v) is 4.60. The van der Waals surface area contributed by atoms with Crippen molar-refractivity contribution in [1.82, 2.24) is 10.2 Å². The van der Waals surface area contributed by atoms with E-state index < -0.39 is 10.2 Å². The van der Waals surface area contributed by atoms with Gasteiger partial charge in [-0.1, -0.05) is 29.8 Å². The Balaban J connectivity index is 1.50. The molecule has 0 bridgehead atoms. The van der Waals surface area contributed by atoms with Gasteiger partial charge in [-0.05, 0) is 49.4 Å². The zero-order valence-corrected chi connectivity index (χ0v) is 19.1. The summed E-state index contributed by atoms with van der Waals surface area (Å²) in [7, 11) is 0. The number of nitro groups is 1. The molecule has 0 saturated carbocycles. The lowest BCUT2D eigenvalue weighted by atomic mass is 10.1. The molecule has 8 nitrogen and oxygen atoms in total. The van der Waals surface area contributed by atoms with Crippen LogP contribution in [0.4, 0.5) is 10.5 Å². The monoisotopic (exact) mass is 471 g/mol. The summed E-state index contributed by atoms with van der Waals surface area (Å²) >= 11 is 2.15. The molecule has 1 N–H and O–H groups in total. The van der Waals surface area contributed by atoms with Crippen molar-refractivity contribution >= 4 is 52.3 Å². The van der Waals surface area contributed by atoms with E-state index in [1.165, 1.54) is 23.9 Å². The number of amides is 3. The molecule has 3 amide bonds. The highest BCUT2D eigenvalue weighted by atomic mass is 32.2. The Morgan fingerprint density at radius 1 is 1.19 bits per heavy atom. The van der Waals surface area contributed by atoms with Crippen LogP contribution >= 0.6 is 23.5 Å². The van der Waals surface area contributed by atoms with E-state index in [1.54, 1.807) is 25.1 Å². The van der Waals surface area contributed by atoms with Crippen molar-refractivity contribution in [3.8, 4) is 0 Å². The number of nitro benzene ring substituents is 1. The highest BCUT2D eigenvalue weighted by Gasteiger charge is 2.34. The largest absolute Gasteiger partial charge is 0.353 e. The predicted molar refractivity (Wildman–Crippen MR) is 125 cm³/mol. The minimum Gasteiger partial charge on any atom is -0.353 e. The molecule has 1 aliphatic rings. The van der Waals surface area contributed by atoms with Crippen molar-refractivity contribution in [2.45, 2.75) is 24.0 Å². The molecule has 2 aromatic carbocycles. The van der Waals surface area contributed by atoms with Crippen LogP contribution in [0.1, 0.15) is 18.1 Å². The molecule has 1 heterocycles. The van der Waals surface area contributed by atoms with E-state index >= 15 is 0 Å². The van der Waals surface area contributed by atoms with E-state index in [4.69, 9.17) is 0 Å². The van der Waals surface area contributed by atoms with Crippen molar-refractivity contribution < 1.29 is 19.3 Å². The van der Waals surface area contributed by atoms with Crippen LogP contribution in [0.3, 0.4) is 0 Å². The molecule has 2 aromatic rings. The SMILES string of the molecule is Cc1ccc(/C=C2\SC(=O)N(CCNC(=O)C(C)Sc3ccc([N+](=O)[O-])cc3)C2=O)cc1. The lowest BCUT2D eigenvalue weighted by molar-refractivity contribution is -0.384. The Morgan fingerprint density at radius 2 is 1.84 bits per heavy atom. The smallest absolute Gasteiger partial charge is 0.293 e. The molecule has 3 rings (SSSR count). The van der Waals surface area contributed by atoms with Crippen molar-refractivity contribution in [2.24, 2.45) is 0 Å². The molecular weight excluding hydrogens is 450 g/mol. The molecule has 1 fully saturated rings. The highest BCUT2D eigenvalue weighted by molar-refractivity contribution is 8.18. The molecule has 0 aliphatic carbocycles. The van der Waals surface area contributed by atoms with Gasteiger partial charge in [0.1, 0.15) is 0 Å². The first-order chi connectivity index (χ1) is 15.2. The second-order valence-corrected chi connectivity index (χ2v) is 9.45. The van der Waals surface area contributed by atoms with Crippen LogP contribution in [0, 0.1) is 17.0 Å². The zero-order valence-electron chi connectivity index (χ0n) is 17.4. The van der Waals surface area contributed by atoms with Gasteiger partial charge in [-0.15, -0.1) is 11.8 Å². The fourth-order valence-electron chi connectivity index (χ4n) is 2.85. The summed E-state index contributed by atoms with van der Waals surface area (Å²) in [6, 6.07) is 13.6. The summed E-state index contributed by atoms with van der Waals surface area (Å²) in [5.41, 5.74) is 1.93. The molecular formula is C22H21N3O5S2. The summed E-state index contributed by atoms with van der Waals surface area (Å²) in [4.78, 5) is 49.6. The van der Waals surface area contributed by atoms with Crippen molar-refractivity contribution in [1.29, 1.82) is 0 Å². The standard InChI is InChI=1S/C22H21N3O5S2/c1-14-3-5-16(6-4-14)13-19-21(27)24(22(28)32-19)12-11-23-20(26)15(2)31-18-9-7-17(8-10-18)25(29)30/h3-10,13,15H,11-12H2,1-2H3,(H,23,26)/b19-13-. The van der Waals surface area contributed by atoms with Gasteiger partial charge in [-0.3, -0.25) is 29.4 Å². The Bertz CT molecular complexity index is 1070. The van der Waals surface area contributed by atoms with Crippen LogP contribution in [0.2, 0.25) is 0 Å². The molecule has 10 heteroatoms. The second kappa shape index (κ2) is 10.5. The quantitative estimate of drug-likeness (QED) is 0.265. The predicted octanol–water partition coefficient (Wildman–Crippen LogP) is 4.24. The van der Waals surface area contributed by atoms with Crippen molar-refractivity contribution in [2.75, 3.05) is 13.1 Å². The number of nitrogens with one attached hydrogen (secondary N) is 1. The second-order valence-electron chi connectivity index (χ2n) is 7.05. The molecule has 0 spiro atoms. The first kappa shape index (κ1) is 23.6. The minimum atomic E-state index is -0.481. The number of hydrogen-bond donors (Lipinski definition) is 1. The van der Waals surface area contributed by atoms with E-state index in [9.17, 15) is 24.5 Å². The number of nitrogens with zero attached hydrogens (tertiary/aromatic N) is 2. The number of imide groups is 1. The van der Waals surface area contributed by atoms with Gasteiger partial charge in [-0.2, -0.15) is 0 Å². The maximum absolute atomic E-state index is 12.6. The van der Waals surface area contributed by atoms with Crippen LogP contribution < -0.4 is 5.32 Å². The minimum absolute atomic E-state index is 0.0138. The number of thioether (sulfide) groups is 2. The van der Waals surface area contributed by atoms with Gasteiger partial charge >= 0.3 is 0 Å². The van der Waals surface area contributed by atoms with Gasteiger partial charge in [0.2, 0.25) is 5.91 Å². The number of aryl methyl sites for hydroxylation is 1.